The van der Waals surface area contributed by atoms with Crippen LogP contribution in [0.15, 0.2) is 42.9 Å². The van der Waals surface area contributed by atoms with Gasteiger partial charge in [-0.25, -0.2) is 9.37 Å². The summed E-state index contributed by atoms with van der Waals surface area (Å²) in [7, 11) is 1.47. The Morgan fingerprint density at radius 2 is 1.94 bits per heavy atom. The maximum absolute atomic E-state index is 14.2. The molecular weight excluding hydrogens is 449 g/mol. The molecule has 0 saturated heterocycles. The second kappa shape index (κ2) is 11.3. The molecule has 2 aromatic heterocycles. The molecular formula is C27H30FN3O4. The lowest BCUT2D eigenvalue weighted by Crippen LogP contribution is -2.13. The van der Waals surface area contributed by atoms with Gasteiger partial charge in [-0.2, -0.15) is 0 Å². The van der Waals surface area contributed by atoms with E-state index in [4.69, 9.17) is 9.47 Å². The molecule has 0 bridgehead atoms. The molecule has 8 heteroatoms. The Balaban J connectivity index is 0.000000894. The normalized spacial score (nSPS) is 17.1. The Labute approximate surface area is 204 Å². The van der Waals surface area contributed by atoms with Crippen molar-refractivity contribution in [1.29, 1.82) is 0 Å². The Morgan fingerprint density at radius 3 is 2.60 bits per heavy atom. The first-order valence-electron chi connectivity index (χ1n) is 12.0. The predicted molar refractivity (Wildman–Crippen MR) is 129 cm³/mol. The zero-order valence-electron chi connectivity index (χ0n) is 20.0. The number of methoxy groups -OCH3 is 1. The number of halogens is 1. The van der Waals surface area contributed by atoms with Gasteiger partial charge in [0.2, 0.25) is 5.88 Å². The van der Waals surface area contributed by atoms with Gasteiger partial charge in [-0.05, 0) is 42.9 Å². The number of carboxylic acids is 1. The summed E-state index contributed by atoms with van der Waals surface area (Å²) < 4.78 is 25.5. The third kappa shape index (κ3) is 6.53. The highest BCUT2D eigenvalue weighted by Gasteiger charge is 2.22. The number of pyridine rings is 1. The standard InChI is InChI=1S/C24H24FN3O4.C3H6/c1-14(24(29)30)8-15-6-7-16-4-3-5-21(32-22(16)9-15)20-13-26-19(12-27-20)17-10-23(31-2)28-11-18(17)25;1-2-3-1/h6-7,9-14,21H,3-5,8H2,1-2H3,(H,29,30);1-3H2. The lowest BCUT2D eigenvalue weighted by Gasteiger charge is -2.18. The van der Waals surface area contributed by atoms with Crippen molar-refractivity contribution in [3.05, 3.63) is 65.5 Å². The summed E-state index contributed by atoms with van der Waals surface area (Å²) in [6, 6.07) is 7.38. The van der Waals surface area contributed by atoms with Gasteiger partial charge in [0.15, 0.2) is 5.82 Å². The number of rotatable bonds is 6. The fraction of sp³-hybridized carbons (Fsp3) is 0.407. The Kier molecular flexibility index (Phi) is 7.90. The van der Waals surface area contributed by atoms with Crippen molar-refractivity contribution in [2.45, 2.75) is 58.0 Å². The zero-order valence-corrected chi connectivity index (χ0v) is 20.0. The summed E-state index contributed by atoms with van der Waals surface area (Å²) in [5.41, 5.74) is 3.32. The molecule has 2 aliphatic rings. The fourth-order valence-electron chi connectivity index (χ4n) is 3.75. The number of aliphatic carboxylic acids is 1. The van der Waals surface area contributed by atoms with Gasteiger partial charge in [-0.1, -0.05) is 38.3 Å². The van der Waals surface area contributed by atoms with Gasteiger partial charge in [0, 0.05) is 11.6 Å². The van der Waals surface area contributed by atoms with Crippen LogP contribution in [-0.4, -0.2) is 33.1 Å². The van der Waals surface area contributed by atoms with Crippen LogP contribution in [0, 0.1) is 11.7 Å². The number of hydrogen-bond donors (Lipinski definition) is 1. The van der Waals surface area contributed by atoms with Crippen molar-refractivity contribution in [2.75, 3.05) is 7.11 Å². The molecule has 0 amide bonds. The second-order valence-electron chi connectivity index (χ2n) is 8.98. The van der Waals surface area contributed by atoms with Crippen molar-refractivity contribution < 1.29 is 23.8 Å². The molecule has 7 nitrogen and oxygen atoms in total. The highest BCUT2D eigenvalue weighted by atomic mass is 19.1. The molecule has 0 spiro atoms. The van der Waals surface area contributed by atoms with Crippen LogP contribution in [-0.2, 0) is 17.6 Å². The average molecular weight is 480 g/mol. The number of aromatic nitrogens is 3. The van der Waals surface area contributed by atoms with E-state index in [2.05, 4.69) is 15.0 Å². The van der Waals surface area contributed by atoms with Gasteiger partial charge in [0.1, 0.15) is 11.9 Å². The van der Waals surface area contributed by atoms with Crippen LogP contribution in [0.1, 0.15) is 62.0 Å². The van der Waals surface area contributed by atoms with Crippen LogP contribution in [0.2, 0.25) is 0 Å². The molecule has 35 heavy (non-hydrogen) atoms. The van der Waals surface area contributed by atoms with E-state index in [1.807, 2.05) is 18.2 Å². The monoisotopic (exact) mass is 479 g/mol. The molecule has 3 aromatic rings. The van der Waals surface area contributed by atoms with E-state index < -0.39 is 17.7 Å². The maximum atomic E-state index is 14.2. The Morgan fingerprint density at radius 1 is 1.14 bits per heavy atom. The molecule has 3 heterocycles. The summed E-state index contributed by atoms with van der Waals surface area (Å²) >= 11 is 0. The van der Waals surface area contributed by atoms with Crippen molar-refractivity contribution in [3.8, 4) is 22.9 Å². The maximum Gasteiger partial charge on any atom is 0.306 e. The first kappa shape index (κ1) is 24.6. The number of fused-ring (bicyclic) bond motifs is 1. The van der Waals surface area contributed by atoms with Crippen LogP contribution < -0.4 is 9.47 Å². The molecule has 2 atom stereocenters. The number of aryl methyl sites for hydroxylation is 1. The molecule has 1 aromatic carbocycles. The van der Waals surface area contributed by atoms with E-state index in [1.165, 1.54) is 38.6 Å². The highest BCUT2D eigenvalue weighted by Crippen LogP contribution is 2.34. The zero-order chi connectivity index (χ0) is 24.8. The third-order valence-corrected chi connectivity index (χ3v) is 5.95. The van der Waals surface area contributed by atoms with Gasteiger partial charge >= 0.3 is 5.97 Å². The molecule has 1 aliphatic carbocycles. The van der Waals surface area contributed by atoms with Crippen LogP contribution in [0.3, 0.4) is 0 Å². The molecule has 1 N–H and O–H groups in total. The smallest absolute Gasteiger partial charge is 0.306 e. The molecule has 5 rings (SSSR count). The number of hydrogen-bond acceptors (Lipinski definition) is 6. The van der Waals surface area contributed by atoms with Crippen molar-refractivity contribution >= 4 is 5.97 Å². The first-order chi connectivity index (χ1) is 16.9. The topological polar surface area (TPSA) is 94.4 Å². The fourth-order valence-corrected chi connectivity index (χ4v) is 3.75. The molecule has 1 saturated carbocycles. The quantitative estimate of drug-likeness (QED) is 0.493. The van der Waals surface area contributed by atoms with Crippen LogP contribution in [0.4, 0.5) is 4.39 Å². The van der Waals surface area contributed by atoms with Gasteiger partial charge in [-0.15, -0.1) is 0 Å². The van der Waals surface area contributed by atoms with Gasteiger partial charge in [0.05, 0.1) is 43.0 Å². The summed E-state index contributed by atoms with van der Waals surface area (Å²) in [5.74, 6) is -0.754. The summed E-state index contributed by atoms with van der Waals surface area (Å²) in [5, 5.41) is 9.19. The van der Waals surface area contributed by atoms with E-state index in [-0.39, 0.29) is 11.7 Å². The number of nitrogens with zero attached hydrogens (tertiary/aromatic N) is 3. The largest absolute Gasteiger partial charge is 0.484 e. The van der Waals surface area contributed by atoms with E-state index in [0.717, 1.165) is 42.3 Å². The lowest BCUT2D eigenvalue weighted by molar-refractivity contribution is -0.141. The van der Waals surface area contributed by atoms with E-state index >= 15 is 0 Å². The predicted octanol–water partition coefficient (Wildman–Crippen LogP) is 5.58. The van der Waals surface area contributed by atoms with E-state index in [1.54, 1.807) is 13.1 Å². The van der Waals surface area contributed by atoms with Gasteiger partial charge in [0.25, 0.3) is 0 Å². The SMILES string of the molecule is C1CC1.COc1cc(-c2cnc(C3CCCc4ccc(CC(C)C(=O)O)cc4O3)cn2)c(F)cn1. The number of carbonyl (C=O) groups is 1. The van der Waals surface area contributed by atoms with Crippen molar-refractivity contribution in [3.63, 3.8) is 0 Å². The molecule has 2 unspecified atom stereocenters. The van der Waals surface area contributed by atoms with Crippen molar-refractivity contribution in [1.82, 2.24) is 15.0 Å². The Bertz CT molecular complexity index is 1160. The van der Waals surface area contributed by atoms with Gasteiger partial charge in [-0.3, -0.25) is 14.8 Å². The van der Waals surface area contributed by atoms with Gasteiger partial charge < -0.3 is 14.6 Å². The second-order valence-corrected chi connectivity index (χ2v) is 8.98. The first-order valence-corrected chi connectivity index (χ1v) is 12.0. The average Bonchev–Trinajstić information content (AvgIpc) is 3.75. The Hall–Kier alpha value is -3.55. The van der Waals surface area contributed by atoms with E-state index in [9.17, 15) is 14.3 Å². The minimum Gasteiger partial charge on any atom is -0.484 e. The highest BCUT2D eigenvalue weighted by molar-refractivity contribution is 5.70. The number of benzene rings is 1. The summed E-state index contributed by atoms with van der Waals surface area (Å²) in [4.78, 5) is 23.9. The number of ether oxygens (including phenoxy) is 2. The minimum absolute atomic E-state index is 0.264. The van der Waals surface area contributed by atoms with E-state index in [0.29, 0.717) is 23.7 Å². The summed E-state index contributed by atoms with van der Waals surface area (Å²) in [6.07, 6.45) is 11.4. The summed E-state index contributed by atoms with van der Waals surface area (Å²) in [6.45, 7) is 1.69. The lowest BCUT2D eigenvalue weighted by atomic mass is 9.98. The molecule has 1 aliphatic heterocycles. The van der Waals surface area contributed by atoms with Crippen LogP contribution >= 0.6 is 0 Å². The van der Waals surface area contributed by atoms with Crippen molar-refractivity contribution in [2.24, 2.45) is 5.92 Å². The van der Waals surface area contributed by atoms with Crippen LogP contribution in [0.5, 0.6) is 11.6 Å². The number of carboxylic acid groups (broad SMARTS) is 1. The minimum atomic E-state index is -0.822. The molecule has 1 fully saturated rings. The third-order valence-electron chi connectivity index (χ3n) is 5.95. The van der Waals surface area contributed by atoms with Crippen LogP contribution in [0.25, 0.3) is 11.3 Å². The molecule has 0 radical (unpaired) electrons. The molecule has 184 valence electrons.